The van der Waals surface area contributed by atoms with Crippen LogP contribution in [0.1, 0.15) is 11.4 Å². The maximum absolute atomic E-state index is 4.75. The van der Waals surface area contributed by atoms with E-state index < -0.39 is 0 Å². The summed E-state index contributed by atoms with van der Waals surface area (Å²) in [7, 11) is 2.05. The predicted octanol–water partition coefficient (Wildman–Crippen LogP) is 4.25. The van der Waals surface area contributed by atoms with Crippen LogP contribution < -0.4 is 10.2 Å². The fraction of sp³-hybridized carbons (Fsp3) is 0.269. The van der Waals surface area contributed by atoms with Crippen LogP contribution in [0.5, 0.6) is 0 Å². The summed E-state index contributed by atoms with van der Waals surface area (Å²) < 4.78 is 2.10. The van der Waals surface area contributed by atoms with Crippen molar-refractivity contribution < 1.29 is 0 Å². The molecule has 1 aliphatic heterocycles. The first-order valence-corrected chi connectivity index (χ1v) is 11.4. The summed E-state index contributed by atoms with van der Waals surface area (Å²) in [4.78, 5) is 18.6. The van der Waals surface area contributed by atoms with Crippen molar-refractivity contribution in [3.05, 3.63) is 84.6 Å². The molecule has 0 aliphatic carbocycles. The maximum Gasteiger partial charge on any atom is 0.227 e. The van der Waals surface area contributed by atoms with Crippen LogP contribution in [0.3, 0.4) is 0 Å². The molecule has 1 fully saturated rings. The van der Waals surface area contributed by atoms with Gasteiger partial charge in [-0.05, 0) is 36.8 Å². The monoisotopic (exact) mass is 439 g/mol. The molecule has 4 aromatic rings. The second-order valence-corrected chi connectivity index (χ2v) is 8.48. The number of rotatable bonds is 6. The number of hydrogen-bond acceptors (Lipinski definition) is 6. The van der Waals surface area contributed by atoms with Crippen molar-refractivity contribution in [3.63, 3.8) is 0 Å². The van der Waals surface area contributed by atoms with E-state index in [-0.39, 0.29) is 0 Å². The lowest BCUT2D eigenvalue weighted by atomic mass is 10.1. The molecule has 168 valence electrons. The highest BCUT2D eigenvalue weighted by atomic mass is 15.3. The van der Waals surface area contributed by atoms with Crippen LogP contribution in [-0.4, -0.2) is 50.6 Å². The molecular weight excluding hydrogens is 410 g/mol. The molecule has 0 unspecified atom stereocenters. The van der Waals surface area contributed by atoms with Gasteiger partial charge in [0.15, 0.2) is 0 Å². The SMILES string of the molecule is Cc1cnc(Nc2ccc(N3CCN(Cc4nccn4C)CC3)cc2)nc1-c1ccccc1. The molecule has 0 spiro atoms. The van der Waals surface area contributed by atoms with Crippen molar-refractivity contribution in [2.75, 3.05) is 36.4 Å². The molecule has 2 aromatic carbocycles. The molecule has 1 N–H and O–H groups in total. The number of aryl methyl sites for hydroxylation is 2. The Bertz CT molecular complexity index is 1190. The van der Waals surface area contributed by atoms with E-state index in [1.54, 1.807) is 0 Å². The van der Waals surface area contributed by atoms with Crippen LogP contribution >= 0.6 is 0 Å². The molecule has 0 amide bonds. The van der Waals surface area contributed by atoms with Crippen LogP contribution in [0.4, 0.5) is 17.3 Å². The van der Waals surface area contributed by atoms with Crippen molar-refractivity contribution in [2.24, 2.45) is 7.05 Å². The molecule has 3 heterocycles. The first-order chi connectivity index (χ1) is 16.2. The second kappa shape index (κ2) is 9.42. The van der Waals surface area contributed by atoms with E-state index in [0.717, 1.165) is 61.1 Å². The number of aromatic nitrogens is 4. The number of nitrogens with one attached hydrogen (secondary N) is 1. The fourth-order valence-electron chi connectivity index (χ4n) is 4.19. The van der Waals surface area contributed by atoms with Gasteiger partial charge < -0.3 is 14.8 Å². The van der Waals surface area contributed by atoms with Gasteiger partial charge in [-0.15, -0.1) is 0 Å². The first kappa shape index (κ1) is 21.2. The highest BCUT2D eigenvalue weighted by molar-refractivity contribution is 5.65. The largest absolute Gasteiger partial charge is 0.369 e. The topological polar surface area (TPSA) is 62.1 Å². The standard InChI is InChI=1S/C26H29N7/c1-20-18-28-26(30-25(20)21-6-4-3-5-7-21)29-22-8-10-23(11-9-22)33-16-14-32(15-17-33)19-24-27-12-13-31(24)2/h3-13,18H,14-17,19H2,1-2H3,(H,28,29,30). The van der Waals surface area contributed by atoms with Crippen LogP contribution in [0, 0.1) is 6.92 Å². The lowest BCUT2D eigenvalue weighted by Gasteiger charge is -2.36. The lowest BCUT2D eigenvalue weighted by molar-refractivity contribution is 0.242. The minimum atomic E-state index is 0.607. The van der Waals surface area contributed by atoms with E-state index in [4.69, 9.17) is 4.98 Å². The molecule has 7 heteroatoms. The predicted molar refractivity (Wildman–Crippen MR) is 133 cm³/mol. The molecule has 0 saturated carbocycles. The quantitative estimate of drug-likeness (QED) is 0.485. The van der Waals surface area contributed by atoms with E-state index >= 15 is 0 Å². The molecule has 0 bridgehead atoms. The van der Waals surface area contributed by atoms with Crippen LogP contribution in [0.2, 0.25) is 0 Å². The minimum absolute atomic E-state index is 0.607. The Hall–Kier alpha value is -3.71. The van der Waals surface area contributed by atoms with Crippen LogP contribution in [-0.2, 0) is 13.6 Å². The zero-order valence-corrected chi connectivity index (χ0v) is 19.1. The van der Waals surface area contributed by atoms with E-state index in [9.17, 15) is 0 Å². The Morgan fingerprint density at radius 3 is 2.36 bits per heavy atom. The van der Waals surface area contributed by atoms with Crippen molar-refractivity contribution in [3.8, 4) is 11.3 Å². The van der Waals surface area contributed by atoms with E-state index in [1.165, 1.54) is 5.69 Å². The summed E-state index contributed by atoms with van der Waals surface area (Å²) in [6, 6.07) is 18.8. The number of hydrogen-bond donors (Lipinski definition) is 1. The highest BCUT2D eigenvalue weighted by Crippen LogP contribution is 2.24. The average molecular weight is 440 g/mol. The van der Waals surface area contributed by atoms with Gasteiger partial charge in [-0.3, -0.25) is 4.90 Å². The highest BCUT2D eigenvalue weighted by Gasteiger charge is 2.18. The number of benzene rings is 2. The van der Waals surface area contributed by atoms with Crippen molar-refractivity contribution >= 4 is 17.3 Å². The summed E-state index contributed by atoms with van der Waals surface area (Å²) in [5.74, 6) is 1.72. The smallest absolute Gasteiger partial charge is 0.227 e. The van der Waals surface area contributed by atoms with Crippen LogP contribution in [0.15, 0.2) is 73.2 Å². The van der Waals surface area contributed by atoms with Gasteiger partial charge in [0.25, 0.3) is 0 Å². The molecule has 1 aliphatic rings. The Morgan fingerprint density at radius 2 is 1.67 bits per heavy atom. The third kappa shape index (κ3) is 4.88. The Labute approximate surface area is 194 Å². The Balaban J connectivity index is 1.21. The van der Waals surface area contributed by atoms with E-state index in [2.05, 4.69) is 73.1 Å². The normalized spacial score (nSPS) is 14.4. The minimum Gasteiger partial charge on any atom is -0.369 e. The molecule has 1 saturated heterocycles. The second-order valence-electron chi connectivity index (χ2n) is 8.48. The van der Waals surface area contributed by atoms with Crippen molar-refractivity contribution in [1.82, 2.24) is 24.4 Å². The number of piperazine rings is 1. The summed E-state index contributed by atoms with van der Waals surface area (Å²) in [5.41, 5.74) is 5.33. The van der Waals surface area contributed by atoms with Gasteiger partial charge in [-0.25, -0.2) is 15.0 Å². The molecule has 33 heavy (non-hydrogen) atoms. The Kier molecular flexibility index (Phi) is 6.04. The maximum atomic E-state index is 4.75. The number of nitrogens with zero attached hydrogens (tertiary/aromatic N) is 6. The number of imidazole rings is 1. The lowest BCUT2D eigenvalue weighted by Crippen LogP contribution is -2.46. The molecule has 0 atom stereocenters. The van der Waals surface area contributed by atoms with Crippen molar-refractivity contribution in [2.45, 2.75) is 13.5 Å². The first-order valence-electron chi connectivity index (χ1n) is 11.4. The van der Waals surface area contributed by atoms with Gasteiger partial charge in [0.05, 0.1) is 12.2 Å². The van der Waals surface area contributed by atoms with Gasteiger partial charge in [0, 0.05) is 68.8 Å². The van der Waals surface area contributed by atoms with Crippen molar-refractivity contribution in [1.29, 1.82) is 0 Å². The zero-order valence-electron chi connectivity index (χ0n) is 19.1. The van der Waals surface area contributed by atoms with Crippen LogP contribution in [0.25, 0.3) is 11.3 Å². The molecule has 2 aromatic heterocycles. The fourth-order valence-corrected chi connectivity index (χ4v) is 4.19. The molecular formula is C26H29N7. The third-order valence-electron chi connectivity index (χ3n) is 6.17. The van der Waals surface area contributed by atoms with Gasteiger partial charge in [0.2, 0.25) is 5.95 Å². The van der Waals surface area contributed by atoms with Gasteiger partial charge in [-0.1, -0.05) is 30.3 Å². The summed E-state index contributed by atoms with van der Waals surface area (Å²) in [6.07, 6.45) is 5.74. The van der Waals surface area contributed by atoms with E-state index in [1.807, 2.05) is 43.7 Å². The zero-order chi connectivity index (χ0) is 22.6. The van der Waals surface area contributed by atoms with Gasteiger partial charge in [-0.2, -0.15) is 0 Å². The Morgan fingerprint density at radius 1 is 0.909 bits per heavy atom. The van der Waals surface area contributed by atoms with E-state index in [0.29, 0.717) is 5.95 Å². The molecule has 7 nitrogen and oxygen atoms in total. The average Bonchev–Trinajstić information content (AvgIpc) is 3.26. The molecule has 5 rings (SSSR count). The summed E-state index contributed by atoms with van der Waals surface area (Å²) in [5, 5.41) is 3.35. The molecule has 0 radical (unpaired) electrons. The number of anilines is 3. The summed E-state index contributed by atoms with van der Waals surface area (Å²) in [6.45, 7) is 7.04. The third-order valence-corrected chi connectivity index (χ3v) is 6.17. The van der Waals surface area contributed by atoms with Gasteiger partial charge in [0.1, 0.15) is 5.82 Å². The summed E-state index contributed by atoms with van der Waals surface area (Å²) >= 11 is 0. The van der Waals surface area contributed by atoms with Gasteiger partial charge >= 0.3 is 0 Å².